The van der Waals surface area contributed by atoms with E-state index in [-0.39, 0.29) is 24.3 Å². The number of esters is 1. The number of halogens is 2. The second-order valence-electron chi connectivity index (χ2n) is 6.49. The summed E-state index contributed by atoms with van der Waals surface area (Å²) in [6, 6.07) is 8.18. The van der Waals surface area contributed by atoms with E-state index in [4.69, 9.17) is 4.74 Å². The molecule has 0 unspecified atom stereocenters. The van der Waals surface area contributed by atoms with Gasteiger partial charge in [-0.05, 0) is 44.5 Å². The molecule has 2 aromatic carbocycles. The number of nitrogens with one attached hydrogen (secondary N) is 1. The fourth-order valence-corrected chi connectivity index (χ4v) is 2.52. The van der Waals surface area contributed by atoms with Crippen LogP contribution < -0.4 is 5.32 Å². The molecule has 0 fully saturated rings. The lowest BCUT2D eigenvalue weighted by molar-refractivity contribution is -0.153. The van der Waals surface area contributed by atoms with Crippen LogP contribution in [0.1, 0.15) is 41.3 Å². The molecule has 148 valence electrons. The molecule has 1 N–H and O–H groups in total. The van der Waals surface area contributed by atoms with Gasteiger partial charge < -0.3 is 10.1 Å². The van der Waals surface area contributed by atoms with Crippen molar-refractivity contribution < 1.29 is 27.9 Å². The first-order chi connectivity index (χ1) is 13.2. The van der Waals surface area contributed by atoms with Gasteiger partial charge in [-0.2, -0.15) is 0 Å². The van der Waals surface area contributed by atoms with Gasteiger partial charge in [0.1, 0.15) is 11.6 Å². The smallest absolute Gasteiger partial charge is 0.307 e. The molecule has 0 aliphatic carbocycles. The number of anilines is 1. The number of aryl methyl sites for hydroxylation is 2. The number of hydrogen-bond donors (Lipinski definition) is 1. The lowest BCUT2D eigenvalue weighted by atomic mass is 9.99. The van der Waals surface area contributed by atoms with Crippen LogP contribution in [-0.4, -0.2) is 23.8 Å². The van der Waals surface area contributed by atoms with Crippen LogP contribution in [0.15, 0.2) is 36.4 Å². The SMILES string of the molecule is Cc1ccc(C)c(C(=O)CCC(=O)O[C@@H](C)C(=O)Nc2ccc(F)cc2F)c1. The van der Waals surface area contributed by atoms with Crippen molar-refractivity contribution in [2.45, 2.75) is 39.7 Å². The van der Waals surface area contributed by atoms with Crippen LogP contribution >= 0.6 is 0 Å². The number of amides is 1. The molecular formula is C21H21F2NO4. The first kappa shape index (κ1) is 21.2. The van der Waals surface area contributed by atoms with Crippen LogP contribution in [0.3, 0.4) is 0 Å². The van der Waals surface area contributed by atoms with Crippen LogP contribution in [0, 0.1) is 25.5 Å². The molecule has 0 saturated carbocycles. The Morgan fingerprint density at radius 3 is 2.43 bits per heavy atom. The van der Waals surface area contributed by atoms with Crippen molar-refractivity contribution in [1.82, 2.24) is 0 Å². The third-order valence-corrected chi connectivity index (χ3v) is 4.12. The van der Waals surface area contributed by atoms with Gasteiger partial charge in [0.15, 0.2) is 11.9 Å². The number of ether oxygens (including phenoxy) is 1. The molecule has 2 rings (SSSR count). The highest BCUT2D eigenvalue weighted by Gasteiger charge is 2.20. The lowest BCUT2D eigenvalue weighted by Crippen LogP contribution is -2.30. The molecule has 28 heavy (non-hydrogen) atoms. The summed E-state index contributed by atoms with van der Waals surface area (Å²) in [5.41, 5.74) is 2.08. The first-order valence-electron chi connectivity index (χ1n) is 8.73. The van der Waals surface area contributed by atoms with E-state index in [0.29, 0.717) is 11.6 Å². The van der Waals surface area contributed by atoms with Gasteiger partial charge in [-0.15, -0.1) is 0 Å². The van der Waals surface area contributed by atoms with Crippen molar-refractivity contribution in [3.63, 3.8) is 0 Å². The van der Waals surface area contributed by atoms with E-state index in [1.165, 1.54) is 6.92 Å². The molecule has 0 bridgehead atoms. The Balaban J connectivity index is 1.87. The highest BCUT2D eigenvalue weighted by molar-refractivity contribution is 5.99. The molecular weight excluding hydrogens is 368 g/mol. The third kappa shape index (κ3) is 5.70. The van der Waals surface area contributed by atoms with Crippen molar-refractivity contribution >= 4 is 23.3 Å². The van der Waals surface area contributed by atoms with E-state index in [1.54, 1.807) is 6.07 Å². The summed E-state index contributed by atoms with van der Waals surface area (Å²) < 4.78 is 31.4. The lowest BCUT2D eigenvalue weighted by Gasteiger charge is -2.14. The summed E-state index contributed by atoms with van der Waals surface area (Å²) in [6.07, 6.45) is -1.44. The number of rotatable bonds is 7. The van der Waals surface area contributed by atoms with Crippen LogP contribution in [0.5, 0.6) is 0 Å². The van der Waals surface area contributed by atoms with Crippen LogP contribution in [0.4, 0.5) is 14.5 Å². The molecule has 0 aromatic heterocycles. The van der Waals surface area contributed by atoms with E-state index < -0.39 is 29.6 Å². The van der Waals surface area contributed by atoms with Crippen molar-refractivity contribution in [3.05, 3.63) is 64.7 Å². The minimum absolute atomic E-state index is 0.0515. The number of benzene rings is 2. The quantitative estimate of drug-likeness (QED) is 0.571. The minimum Gasteiger partial charge on any atom is -0.453 e. The number of carbonyl (C=O) groups excluding carboxylic acids is 3. The summed E-state index contributed by atoms with van der Waals surface area (Å²) in [5, 5.41) is 2.22. The van der Waals surface area contributed by atoms with Crippen molar-refractivity contribution in [2.75, 3.05) is 5.32 Å². The van der Waals surface area contributed by atoms with Gasteiger partial charge in [-0.25, -0.2) is 8.78 Å². The molecule has 0 aliphatic heterocycles. The van der Waals surface area contributed by atoms with Gasteiger partial charge in [0.05, 0.1) is 12.1 Å². The molecule has 5 nitrogen and oxygen atoms in total. The Hall–Kier alpha value is -3.09. The highest BCUT2D eigenvalue weighted by atomic mass is 19.1. The highest BCUT2D eigenvalue weighted by Crippen LogP contribution is 2.16. The van der Waals surface area contributed by atoms with E-state index in [1.807, 2.05) is 26.0 Å². The molecule has 1 amide bonds. The molecule has 0 saturated heterocycles. The maximum Gasteiger partial charge on any atom is 0.307 e. The maximum absolute atomic E-state index is 13.6. The Kier molecular flexibility index (Phi) is 6.98. The summed E-state index contributed by atoms with van der Waals surface area (Å²) in [5.74, 6) is -3.39. The fourth-order valence-electron chi connectivity index (χ4n) is 2.52. The molecule has 0 spiro atoms. The van der Waals surface area contributed by atoms with Crippen molar-refractivity contribution in [3.8, 4) is 0 Å². The summed E-state index contributed by atoms with van der Waals surface area (Å²) in [4.78, 5) is 36.2. The second-order valence-corrected chi connectivity index (χ2v) is 6.49. The zero-order valence-corrected chi connectivity index (χ0v) is 15.8. The molecule has 7 heteroatoms. The van der Waals surface area contributed by atoms with E-state index in [2.05, 4.69) is 5.32 Å². The number of ketones is 1. The standard InChI is InChI=1S/C21H21F2NO4/c1-12-4-5-13(2)16(10-12)19(25)8-9-20(26)28-14(3)21(27)24-18-7-6-15(22)11-17(18)23/h4-7,10-11,14H,8-9H2,1-3H3,(H,24,27)/t14-/m0/s1. The van der Waals surface area contributed by atoms with Gasteiger partial charge in [0, 0.05) is 18.1 Å². The predicted octanol–water partition coefficient (Wildman–Crippen LogP) is 4.11. The Labute approximate surface area is 161 Å². The molecule has 0 radical (unpaired) electrons. The van der Waals surface area contributed by atoms with Crippen molar-refractivity contribution in [1.29, 1.82) is 0 Å². The molecule has 0 aliphatic rings. The number of hydrogen-bond acceptors (Lipinski definition) is 4. The predicted molar refractivity (Wildman–Crippen MR) is 100 cm³/mol. The third-order valence-electron chi connectivity index (χ3n) is 4.12. The fraction of sp³-hybridized carbons (Fsp3) is 0.286. The Morgan fingerprint density at radius 1 is 1.04 bits per heavy atom. The van der Waals surface area contributed by atoms with Gasteiger partial charge in [-0.1, -0.05) is 17.7 Å². The van der Waals surface area contributed by atoms with E-state index in [9.17, 15) is 23.2 Å². The van der Waals surface area contributed by atoms with Gasteiger partial charge in [0.25, 0.3) is 5.91 Å². The average Bonchev–Trinajstić information content (AvgIpc) is 2.63. The summed E-state index contributed by atoms with van der Waals surface area (Å²) in [6.45, 7) is 5.00. The van der Waals surface area contributed by atoms with E-state index in [0.717, 1.165) is 23.3 Å². The number of Topliss-reactive ketones (excluding diaryl/α,β-unsaturated/α-hetero) is 1. The Bertz CT molecular complexity index is 911. The molecule has 2 aromatic rings. The minimum atomic E-state index is -1.20. The molecule has 1 atom stereocenters. The van der Waals surface area contributed by atoms with Crippen LogP contribution in [0.2, 0.25) is 0 Å². The average molecular weight is 389 g/mol. The Morgan fingerprint density at radius 2 is 1.75 bits per heavy atom. The maximum atomic E-state index is 13.6. The van der Waals surface area contributed by atoms with E-state index >= 15 is 0 Å². The van der Waals surface area contributed by atoms with Crippen LogP contribution in [0.25, 0.3) is 0 Å². The molecule has 0 heterocycles. The monoisotopic (exact) mass is 389 g/mol. The van der Waals surface area contributed by atoms with Gasteiger partial charge in [-0.3, -0.25) is 14.4 Å². The largest absolute Gasteiger partial charge is 0.453 e. The van der Waals surface area contributed by atoms with Gasteiger partial charge >= 0.3 is 5.97 Å². The summed E-state index contributed by atoms with van der Waals surface area (Å²) in [7, 11) is 0. The van der Waals surface area contributed by atoms with Gasteiger partial charge in [0.2, 0.25) is 0 Å². The summed E-state index contributed by atoms with van der Waals surface area (Å²) >= 11 is 0. The topological polar surface area (TPSA) is 72.5 Å². The second kappa shape index (κ2) is 9.21. The normalized spacial score (nSPS) is 11.6. The van der Waals surface area contributed by atoms with Crippen LogP contribution in [-0.2, 0) is 14.3 Å². The first-order valence-corrected chi connectivity index (χ1v) is 8.73. The number of carbonyl (C=O) groups is 3. The van der Waals surface area contributed by atoms with Crippen molar-refractivity contribution in [2.24, 2.45) is 0 Å². The zero-order chi connectivity index (χ0) is 20.8. The zero-order valence-electron chi connectivity index (χ0n) is 15.8.